The van der Waals surface area contributed by atoms with Crippen LogP contribution in [0.3, 0.4) is 0 Å². The highest BCUT2D eigenvalue weighted by Crippen LogP contribution is 2.48. The molecule has 0 amide bonds. The standard InChI is InChI=1S/C68H32F25N/c69-57-7-3-1-5-53(57)54-6-2-4-8-58(54)94-59-11-9-33(35-13-37(41-19-45(61(70,71)72)29-46(20-41)62(73,74)75)17-38(14-35)42-21-47(63(76,77)78)30-48(22-42)64(79,80)81)27-55(59)56-28-34(10-12-60(56)94)36-15-39(43-23-49(65(82,83)84)31-50(24-43)66(85,86)87)18-40(16-36)44-25-51(67(88,89)90)32-52(26-44)68(91,92)93/h1-32H. The smallest absolute Gasteiger partial charge is 0.309 e. The quantitative estimate of drug-likeness (QED) is 0.134. The summed E-state index contributed by atoms with van der Waals surface area (Å²) >= 11 is 0. The summed E-state index contributed by atoms with van der Waals surface area (Å²) < 4.78 is 363. The molecule has 11 aromatic rings. The Kier molecular flexibility index (Phi) is 15.9. The van der Waals surface area contributed by atoms with Crippen LogP contribution in [0.1, 0.15) is 44.5 Å². The third-order valence-corrected chi connectivity index (χ3v) is 15.3. The first-order valence-electron chi connectivity index (χ1n) is 26.9. The maximum atomic E-state index is 15.8. The lowest BCUT2D eigenvalue weighted by atomic mass is 9.90. The number of para-hydroxylation sites is 1. The number of rotatable bonds is 8. The summed E-state index contributed by atoms with van der Waals surface area (Å²) in [4.78, 5) is 0. The normalized spacial score (nSPS) is 13.2. The molecular weight excluding hydrogens is 1310 g/mol. The molecule has 94 heavy (non-hydrogen) atoms. The Morgan fingerprint density at radius 1 is 0.202 bits per heavy atom. The molecule has 0 atom stereocenters. The second-order valence-electron chi connectivity index (χ2n) is 21.6. The van der Waals surface area contributed by atoms with Crippen LogP contribution in [0.4, 0.5) is 110 Å². The molecular formula is C68H32F25N. The topological polar surface area (TPSA) is 4.93 Å². The molecule has 0 spiro atoms. The zero-order chi connectivity index (χ0) is 68.4. The van der Waals surface area contributed by atoms with Crippen molar-refractivity contribution in [1.29, 1.82) is 0 Å². The van der Waals surface area contributed by atoms with Crippen LogP contribution in [0.25, 0.3) is 105 Å². The number of benzene rings is 10. The first-order valence-corrected chi connectivity index (χ1v) is 26.9. The fraction of sp³-hybridized carbons (Fsp3) is 0.118. The number of alkyl halides is 24. The minimum Gasteiger partial charge on any atom is -0.309 e. The van der Waals surface area contributed by atoms with E-state index >= 15 is 4.39 Å². The molecule has 1 aromatic heterocycles. The molecule has 0 N–H and O–H groups in total. The highest BCUT2D eigenvalue weighted by molar-refractivity contribution is 6.12. The molecule has 0 radical (unpaired) electrons. The van der Waals surface area contributed by atoms with Crippen LogP contribution in [0, 0.1) is 5.82 Å². The predicted molar refractivity (Wildman–Crippen MR) is 299 cm³/mol. The van der Waals surface area contributed by atoms with E-state index in [1.165, 1.54) is 83.4 Å². The number of halogens is 25. The number of nitrogens with zero attached hydrogens (tertiary/aromatic N) is 1. The van der Waals surface area contributed by atoms with E-state index in [0.29, 0.717) is 0 Å². The van der Waals surface area contributed by atoms with E-state index in [9.17, 15) is 105 Å². The van der Waals surface area contributed by atoms with E-state index < -0.39 is 144 Å². The van der Waals surface area contributed by atoms with Crippen molar-refractivity contribution in [2.24, 2.45) is 0 Å². The summed E-state index contributed by atoms with van der Waals surface area (Å²) in [6.07, 6.45) is -43.8. The third kappa shape index (κ3) is 13.3. The fourth-order valence-corrected chi connectivity index (χ4v) is 11.0. The second kappa shape index (κ2) is 22.8. The summed E-state index contributed by atoms with van der Waals surface area (Å²) in [6.45, 7) is 0. The zero-order valence-electron chi connectivity index (χ0n) is 46.4. The molecule has 0 aliphatic rings. The van der Waals surface area contributed by atoms with Crippen LogP contribution < -0.4 is 0 Å². The Labute approximate surface area is 512 Å². The summed E-state index contributed by atoms with van der Waals surface area (Å²) in [5.41, 5.74) is -21.3. The van der Waals surface area contributed by atoms with Gasteiger partial charge < -0.3 is 4.57 Å². The predicted octanol–water partition coefficient (Wildman–Crippen LogP) is 24.7. The van der Waals surface area contributed by atoms with Crippen molar-refractivity contribution in [1.82, 2.24) is 4.57 Å². The van der Waals surface area contributed by atoms with Gasteiger partial charge in [-0.05, 0) is 212 Å². The average molecular weight is 1340 g/mol. The van der Waals surface area contributed by atoms with Gasteiger partial charge in [0.15, 0.2) is 0 Å². The summed E-state index contributed by atoms with van der Waals surface area (Å²) in [6, 6.07) is 25.7. The first-order chi connectivity index (χ1) is 43.5. The van der Waals surface area contributed by atoms with Crippen LogP contribution in [-0.4, -0.2) is 4.57 Å². The highest BCUT2D eigenvalue weighted by atomic mass is 19.4. The van der Waals surface area contributed by atoms with E-state index in [2.05, 4.69) is 0 Å². The monoisotopic (exact) mass is 1340 g/mol. The molecule has 0 saturated heterocycles. The molecule has 484 valence electrons. The Balaban J connectivity index is 1.23. The van der Waals surface area contributed by atoms with E-state index in [0.717, 1.165) is 42.5 Å². The van der Waals surface area contributed by atoms with Gasteiger partial charge in [0.25, 0.3) is 0 Å². The molecule has 26 heteroatoms. The molecule has 0 fully saturated rings. The van der Waals surface area contributed by atoms with Crippen molar-refractivity contribution in [3.63, 3.8) is 0 Å². The molecule has 0 bridgehead atoms. The summed E-state index contributed by atoms with van der Waals surface area (Å²) in [5, 5.41) is 0.0523. The van der Waals surface area contributed by atoms with E-state index in [4.69, 9.17) is 0 Å². The molecule has 11 rings (SSSR count). The molecule has 0 aliphatic heterocycles. The Hall–Kier alpha value is -9.75. The van der Waals surface area contributed by atoms with Gasteiger partial charge in [0.2, 0.25) is 0 Å². The Morgan fingerprint density at radius 2 is 0.426 bits per heavy atom. The number of hydrogen-bond donors (Lipinski definition) is 0. The number of aromatic nitrogens is 1. The van der Waals surface area contributed by atoms with Gasteiger partial charge in [-0.3, -0.25) is 0 Å². The van der Waals surface area contributed by atoms with Gasteiger partial charge in [0.05, 0.1) is 61.2 Å². The van der Waals surface area contributed by atoms with Gasteiger partial charge in [0, 0.05) is 21.9 Å². The van der Waals surface area contributed by atoms with Gasteiger partial charge in [0.1, 0.15) is 5.82 Å². The Morgan fingerprint density at radius 3 is 0.681 bits per heavy atom. The minimum atomic E-state index is -5.48. The van der Waals surface area contributed by atoms with Gasteiger partial charge in [-0.1, -0.05) is 48.5 Å². The van der Waals surface area contributed by atoms with E-state index in [1.807, 2.05) is 0 Å². The van der Waals surface area contributed by atoms with Crippen LogP contribution in [0.5, 0.6) is 0 Å². The van der Waals surface area contributed by atoms with E-state index in [1.54, 1.807) is 0 Å². The SMILES string of the molecule is Fc1ccccc1-c1ccccc1-n1c2ccc(-c3cc(-c4cc(C(F)(F)F)cc(C(F)(F)F)c4)cc(-c4cc(C(F)(F)F)cc(C(F)(F)F)c4)c3)cc2c2cc(-c3cc(-c4cc(C(F)(F)F)cc(C(F)(F)F)c4)cc(-c4cc(C(F)(F)F)cc(C(F)(F)F)c4)c3)ccc21. The fourth-order valence-electron chi connectivity index (χ4n) is 11.0. The van der Waals surface area contributed by atoms with Crippen molar-refractivity contribution in [2.45, 2.75) is 49.4 Å². The van der Waals surface area contributed by atoms with Gasteiger partial charge in [-0.2, -0.15) is 105 Å². The van der Waals surface area contributed by atoms with Crippen molar-refractivity contribution in [3.8, 4) is 83.6 Å². The number of fused-ring (bicyclic) bond motifs is 3. The lowest BCUT2D eigenvalue weighted by molar-refractivity contribution is -0.144. The van der Waals surface area contributed by atoms with Gasteiger partial charge >= 0.3 is 49.4 Å². The van der Waals surface area contributed by atoms with Gasteiger partial charge in [-0.25, -0.2) is 4.39 Å². The molecule has 0 unspecified atom stereocenters. The second-order valence-corrected chi connectivity index (χ2v) is 21.6. The Bertz CT molecular complexity index is 4220. The van der Waals surface area contributed by atoms with Gasteiger partial charge in [-0.15, -0.1) is 0 Å². The van der Waals surface area contributed by atoms with Crippen molar-refractivity contribution < 1.29 is 110 Å². The molecule has 0 aliphatic carbocycles. The molecule has 1 heterocycles. The maximum Gasteiger partial charge on any atom is 0.416 e. The van der Waals surface area contributed by atoms with Crippen LogP contribution >= 0.6 is 0 Å². The first kappa shape index (κ1) is 65.7. The average Bonchev–Trinajstić information content (AvgIpc) is 1.43. The molecule has 1 nitrogen and oxygen atoms in total. The van der Waals surface area contributed by atoms with Crippen molar-refractivity contribution in [3.05, 3.63) is 244 Å². The summed E-state index contributed by atoms with van der Waals surface area (Å²) in [7, 11) is 0. The third-order valence-electron chi connectivity index (χ3n) is 15.3. The zero-order valence-corrected chi connectivity index (χ0v) is 46.4. The van der Waals surface area contributed by atoms with Crippen LogP contribution in [0.2, 0.25) is 0 Å². The minimum absolute atomic E-state index is 0.00752. The van der Waals surface area contributed by atoms with Crippen molar-refractivity contribution >= 4 is 21.8 Å². The van der Waals surface area contributed by atoms with Crippen molar-refractivity contribution in [2.75, 3.05) is 0 Å². The lowest BCUT2D eigenvalue weighted by Gasteiger charge is -2.18. The number of hydrogen-bond acceptors (Lipinski definition) is 0. The van der Waals surface area contributed by atoms with Crippen LogP contribution in [-0.2, 0) is 49.4 Å². The largest absolute Gasteiger partial charge is 0.416 e. The molecule has 10 aromatic carbocycles. The highest BCUT2D eigenvalue weighted by Gasteiger charge is 2.42. The lowest BCUT2D eigenvalue weighted by Crippen LogP contribution is -2.11. The summed E-state index contributed by atoms with van der Waals surface area (Å²) in [5.74, 6) is -0.746. The molecule has 0 saturated carbocycles. The van der Waals surface area contributed by atoms with Crippen LogP contribution in [0.15, 0.2) is 194 Å². The maximum absolute atomic E-state index is 15.8. The van der Waals surface area contributed by atoms with E-state index in [-0.39, 0.29) is 134 Å².